The van der Waals surface area contributed by atoms with Crippen LogP contribution in [-0.2, 0) is 5.60 Å². The van der Waals surface area contributed by atoms with Gasteiger partial charge in [0.2, 0.25) is 0 Å². The average molecular weight is 302 g/mol. The van der Waals surface area contributed by atoms with Gasteiger partial charge < -0.3 is 15.2 Å². The lowest BCUT2D eigenvalue weighted by Gasteiger charge is -2.23. The van der Waals surface area contributed by atoms with E-state index in [1.54, 1.807) is 6.07 Å². The fraction of sp³-hybridized carbons (Fsp3) is 0.250. The van der Waals surface area contributed by atoms with Gasteiger partial charge in [-0.05, 0) is 30.2 Å². The molecule has 1 aromatic heterocycles. The van der Waals surface area contributed by atoms with Gasteiger partial charge in [0.15, 0.2) is 12.4 Å². The molecule has 3 rings (SSSR count). The van der Waals surface area contributed by atoms with Crippen LogP contribution in [0.3, 0.4) is 0 Å². The number of β-amino-alcohol motifs (C(OH)–C–C–N with tert-alkyl or cyclic N) is 1. The fourth-order valence-electron chi connectivity index (χ4n) is 2.73. The summed E-state index contributed by atoms with van der Waals surface area (Å²) in [7, 11) is 0. The number of hydrogen-bond donors (Lipinski definition) is 1. The van der Waals surface area contributed by atoms with Crippen LogP contribution < -0.4 is 4.73 Å². The number of benzene rings is 1. The second-order valence-electron chi connectivity index (χ2n) is 5.47. The molecule has 0 spiro atoms. The van der Waals surface area contributed by atoms with Crippen LogP contribution in [0.25, 0.3) is 0 Å². The van der Waals surface area contributed by atoms with Crippen molar-refractivity contribution in [2.75, 3.05) is 13.1 Å². The number of amides is 1. The van der Waals surface area contributed by atoms with E-state index in [4.69, 9.17) is 0 Å². The zero-order chi connectivity index (χ0) is 15.7. The number of carbonyl (C=O) groups is 1. The molecule has 1 unspecified atom stereocenters. The second-order valence-corrected chi connectivity index (χ2v) is 5.47. The Bertz CT molecular complexity index is 705. The second kappa shape index (κ2) is 5.38. The van der Waals surface area contributed by atoms with Crippen LogP contribution >= 0.6 is 0 Å². The normalized spacial score (nSPS) is 21.1. The molecule has 1 aliphatic rings. The van der Waals surface area contributed by atoms with Crippen LogP contribution in [0.4, 0.5) is 4.39 Å². The van der Waals surface area contributed by atoms with Gasteiger partial charge in [0.25, 0.3) is 5.91 Å². The highest BCUT2D eigenvalue weighted by molar-refractivity contribution is 5.93. The summed E-state index contributed by atoms with van der Waals surface area (Å²) in [6.07, 6.45) is 2.88. The average Bonchev–Trinajstić information content (AvgIpc) is 2.91. The predicted molar refractivity (Wildman–Crippen MR) is 76.2 cm³/mol. The Morgan fingerprint density at radius 3 is 2.73 bits per heavy atom. The van der Waals surface area contributed by atoms with Gasteiger partial charge in [-0.3, -0.25) is 4.79 Å². The van der Waals surface area contributed by atoms with Gasteiger partial charge in [-0.25, -0.2) is 4.39 Å². The summed E-state index contributed by atoms with van der Waals surface area (Å²) in [6, 6.07) is 8.69. The first-order valence-electron chi connectivity index (χ1n) is 6.94. The summed E-state index contributed by atoms with van der Waals surface area (Å²) < 4.78 is 13.5. The van der Waals surface area contributed by atoms with Crippen LogP contribution in [0.5, 0.6) is 0 Å². The zero-order valence-corrected chi connectivity index (χ0v) is 11.8. The summed E-state index contributed by atoms with van der Waals surface area (Å²) in [5.74, 6) is -0.675. The number of aromatic nitrogens is 1. The van der Waals surface area contributed by atoms with Crippen LogP contribution in [-0.4, -0.2) is 29.0 Å². The number of rotatable bonds is 2. The Kier molecular flexibility index (Phi) is 3.54. The molecule has 5 nitrogen and oxygen atoms in total. The summed E-state index contributed by atoms with van der Waals surface area (Å²) in [5.41, 5.74) is -0.331. The van der Waals surface area contributed by atoms with Gasteiger partial charge in [0, 0.05) is 12.6 Å². The van der Waals surface area contributed by atoms with Gasteiger partial charge in [-0.1, -0.05) is 12.1 Å². The standard InChI is InChI=1S/C16H15FN2O3/c17-14-5-3-13(4-6-14)16(21)7-9-18(11-16)15(20)12-2-1-8-19(22)10-12/h1-6,8,10,21H,7,9,11H2. The van der Waals surface area contributed by atoms with Crippen molar-refractivity contribution < 1.29 is 19.0 Å². The molecule has 1 N–H and O–H groups in total. The number of halogens is 1. The van der Waals surface area contributed by atoms with E-state index in [2.05, 4.69) is 0 Å². The fourth-order valence-corrected chi connectivity index (χ4v) is 2.73. The topological polar surface area (TPSA) is 67.5 Å². The van der Waals surface area contributed by atoms with Crippen LogP contribution in [0, 0.1) is 11.0 Å². The highest BCUT2D eigenvalue weighted by Crippen LogP contribution is 2.32. The van der Waals surface area contributed by atoms with E-state index < -0.39 is 5.60 Å². The van der Waals surface area contributed by atoms with Crippen molar-refractivity contribution in [1.29, 1.82) is 0 Å². The molecular weight excluding hydrogens is 287 g/mol. The van der Waals surface area contributed by atoms with Crippen molar-refractivity contribution in [3.63, 3.8) is 0 Å². The maximum atomic E-state index is 13.0. The minimum absolute atomic E-state index is 0.116. The monoisotopic (exact) mass is 302 g/mol. The smallest absolute Gasteiger partial charge is 0.260 e. The minimum Gasteiger partial charge on any atom is -0.619 e. The molecule has 0 radical (unpaired) electrons. The molecule has 1 aliphatic heterocycles. The van der Waals surface area contributed by atoms with Crippen molar-refractivity contribution in [1.82, 2.24) is 4.90 Å². The Morgan fingerprint density at radius 1 is 1.32 bits per heavy atom. The molecular formula is C16H15FN2O3. The molecule has 1 saturated heterocycles. The number of hydrogen-bond acceptors (Lipinski definition) is 3. The first kappa shape index (κ1) is 14.5. The Hall–Kier alpha value is -2.47. The van der Waals surface area contributed by atoms with E-state index >= 15 is 0 Å². The van der Waals surface area contributed by atoms with E-state index in [1.165, 1.54) is 47.6 Å². The summed E-state index contributed by atoms with van der Waals surface area (Å²) in [6.45, 7) is 0.492. The molecule has 1 amide bonds. The summed E-state index contributed by atoms with van der Waals surface area (Å²) in [4.78, 5) is 13.9. The lowest BCUT2D eigenvalue weighted by Crippen LogP contribution is -2.36. The van der Waals surface area contributed by atoms with E-state index in [0.29, 0.717) is 23.3 Å². The van der Waals surface area contributed by atoms with Crippen molar-refractivity contribution >= 4 is 5.91 Å². The van der Waals surface area contributed by atoms with Crippen molar-refractivity contribution in [2.24, 2.45) is 0 Å². The first-order valence-corrected chi connectivity index (χ1v) is 6.94. The van der Waals surface area contributed by atoms with Gasteiger partial charge >= 0.3 is 0 Å². The third-order valence-electron chi connectivity index (χ3n) is 3.94. The molecule has 2 heterocycles. The molecule has 114 valence electrons. The van der Waals surface area contributed by atoms with Crippen molar-refractivity contribution in [3.8, 4) is 0 Å². The molecule has 6 heteroatoms. The number of aliphatic hydroxyl groups is 1. The molecule has 1 fully saturated rings. The van der Waals surface area contributed by atoms with Gasteiger partial charge in [0.1, 0.15) is 17.0 Å². The highest BCUT2D eigenvalue weighted by atomic mass is 19.1. The number of nitrogens with zero attached hydrogens (tertiary/aromatic N) is 2. The molecule has 0 saturated carbocycles. The molecule has 0 bridgehead atoms. The number of likely N-dealkylation sites (tertiary alicyclic amines) is 1. The molecule has 1 atom stereocenters. The SMILES string of the molecule is O=C(c1ccc[n+]([O-])c1)N1CCC(O)(c2ccc(F)cc2)C1. The van der Waals surface area contributed by atoms with Crippen LogP contribution in [0.1, 0.15) is 22.3 Å². The Morgan fingerprint density at radius 2 is 2.05 bits per heavy atom. The molecule has 2 aromatic rings. The Balaban J connectivity index is 1.79. The molecule has 1 aromatic carbocycles. The highest BCUT2D eigenvalue weighted by Gasteiger charge is 2.40. The molecule has 22 heavy (non-hydrogen) atoms. The number of carbonyl (C=O) groups excluding carboxylic acids is 1. The van der Waals surface area contributed by atoms with Crippen molar-refractivity contribution in [3.05, 3.63) is 70.9 Å². The Labute approximate surface area is 126 Å². The maximum Gasteiger partial charge on any atom is 0.260 e. The lowest BCUT2D eigenvalue weighted by molar-refractivity contribution is -0.605. The van der Waals surface area contributed by atoms with Gasteiger partial charge in [0.05, 0.1) is 6.54 Å². The van der Waals surface area contributed by atoms with E-state index in [-0.39, 0.29) is 23.8 Å². The minimum atomic E-state index is -1.19. The van der Waals surface area contributed by atoms with Gasteiger partial charge in [-0.2, -0.15) is 4.73 Å². The zero-order valence-electron chi connectivity index (χ0n) is 11.8. The third kappa shape index (κ3) is 2.65. The van der Waals surface area contributed by atoms with E-state index in [0.717, 1.165) is 0 Å². The first-order chi connectivity index (χ1) is 10.5. The van der Waals surface area contributed by atoms with Crippen LogP contribution in [0.15, 0.2) is 48.8 Å². The summed E-state index contributed by atoms with van der Waals surface area (Å²) in [5, 5.41) is 21.9. The predicted octanol–water partition coefficient (Wildman–Crippen LogP) is 1.19. The van der Waals surface area contributed by atoms with E-state index in [9.17, 15) is 19.5 Å². The number of pyridine rings is 1. The van der Waals surface area contributed by atoms with Crippen LogP contribution in [0.2, 0.25) is 0 Å². The van der Waals surface area contributed by atoms with Crippen molar-refractivity contribution in [2.45, 2.75) is 12.0 Å². The lowest BCUT2D eigenvalue weighted by atomic mass is 9.93. The quantitative estimate of drug-likeness (QED) is 0.669. The third-order valence-corrected chi connectivity index (χ3v) is 3.94. The molecule has 0 aliphatic carbocycles. The van der Waals surface area contributed by atoms with Gasteiger partial charge in [-0.15, -0.1) is 0 Å². The maximum absolute atomic E-state index is 13.0. The largest absolute Gasteiger partial charge is 0.619 e. The summed E-state index contributed by atoms with van der Waals surface area (Å²) >= 11 is 0. The van der Waals surface area contributed by atoms with E-state index in [1.807, 2.05) is 0 Å².